The van der Waals surface area contributed by atoms with Crippen LogP contribution in [0.1, 0.15) is 0 Å². The number of hydrogen-bond acceptors (Lipinski definition) is 3. The van der Waals surface area contributed by atoms with E-state index in [1.54, 1.807) is 29.4 Å². The van der Waals surface area contributed by atoms with E-state index in [1.807, 2.05) is 6.07 Å². The summed E-state index contributed by atoms with van der Waals surface area (Å²) in [7, 11) is 0. The Bertz CT molecular complexity index is 776. The fourth-order valence-corrected chi connectivity index (χ4v) is 2.43. The summed E-state index contributed by atoms with van der Waals surface area (Å²) in [4.78, 5) is 8.15. The Kier molecular flexibility index (Phi) is 3.53. The highest BCUT2D eigenvalue weighted by molar-refractivity contribution is 6.35. The fraction of sp³-hybridized carbons (Fsp3) is 0. The van der Waals surface area contributed by atoms with E-state index < -0.39 is 5.82 Å². The molecular weight excluding hydrogens is 314 g/mol. The first kappa shape index (κ1) is 13.9. The van der Waals surface area contributed by atoms with Gasteiger partial charge in [0.25, 0.3) is 0 Å². The highest BCUT2D eigenvalue weighted by atomic mass is 35.5. The summed E-state index contributed by atoms with van der Waals surface area (Å²) in [5.41, 5.74) is 7.77. The van der Waals surface area contributed by atoms with Crippen molar-refractivity contribution in [2.45, 2.75) is 0 Å². The van der Waals surface area contributed by atoms with Crippen molar-refractivity contribution in [1.82, 2.24) is 14.5 Å². The van der Waals surface area contributed by atoms with Crippen LogP contribution in [0.25, 0.3) is 16.9 Å². The molecule has 0 bridgehead atoms. The Hall–Kier alpha value is -2.11. The SMILES string of the molecule is Nc1ccc(-c2cncn2-c2cc(Cl)c(F)c(Cl)c2)cn1. The Morgan fingerprint density at radius 2 is 1.81 bits per heavy atom. The van der Waals surface area contributed by atoms with Gasteiger partial charge in [0, 0.05) is 11.8 Å². The monoisotopic (exact) mass is 322 g/mol. The molecule has 0 aliphatic heterocycles. The minimum atomic E-state index is -0.641. The number of halogens is 3. The molecule has 0 aliphatic carbocycles. The van der Waals surface area contributed by atoms with Crippen LogP contribution < -0.4 is 5.73 Å². The Morgan fingerprint density at radius 1 is 1.10 bits per heavy atom. The lowest BCUT2D eigenvalue weighted by Gasteiger charge is -2.10. The summed E-state index contributed by atoms with van der Waals surface area (Å²) in [6, 6.07) is 6.48. The zero-order valence-electron chi connectivity index (χ0n) is 10.6. The van der Waals surface area contributed by atoms with Crippen LogP contribution in [0.3, 0.4) is 0 Å². The molecule has 2 heterocycles. The molecule has 1 aromatic carbocycles. The van der Waals surface area contributed by atoms with Crippen LogP contribution in [-0.2, 0) is 0 Å². The average molecular weight is 323 g/mol. The third kappa shape index (κ3) is 2.57. The summed E-state index contributed by atoms with van der Waals surface area (Å²) >= 11 is 11.7. The third-order valence-electron chi connectivity index (χ3n) is 2.97. The second kappa shape index (κ2) is 5.35. The molecule has 4 nitrogen and oxygen atoms in total. The van der Waals surface area contributed by atoms with Gasteiger partial charge in [-0.15, -0.1) is 0 Å². The first-order chi connectivity index (χ1) is 10.1. The number of imidazole rings is 1. The van der Waals surface area contributed by atoms with Crippen molar-refractivity contribution in [1.29, 1.82) is 0 Å². The van der Waals surface area contributed by atoms with Crippen molar-refractivity contribution in [3.8, 4) is 16.9 Å². The second-order valence-corrected chi connectivity index (χ2v) is 5.16. The standard InChI is InChI=1S/C14H9Cl2FN4/c15-10-3-9(4-11(16)14(10)17)21-7-19-6-12(21)8-1-2-13(18)20-5-8/h1-7H,(H2,18,20). The number of aromatic nitrogens is 3. The molecule has 106 valence electrons. The molecule has 0 aliphatic rings. The van der Waals surface area contributed by atoms with Crippen LogP contribution >= 0.6 is 23.2 Å². The largest absolute Gasteiger partial charge is 0.384 e. The van der Waals surface area contributed by atoms with Crippen LogP contribution in [0, 0.1) is 5.82 Å². The molecular formula is C14H9Cl2FN4. The second-order valence-electron chi connectivity index (χ2n) is 4.34. The molecule has 3 rings (SSSR count). The van der Waals surface area contributed by atoms with Crippen molar-refractivity contribution in [3.05, 3.63) is 58.8 Å². The van der Waals surface area contributed by atoms with Crippen molar-refractivity contribution in [3.63, 3.8) is 0 Å². The summed E-state index contributed by atoms with van der Waals surface area (Å²) in [6.07, 6.45) is 4.89. The quantitative estimate of drug-likeness (QED) is 0.726. The Balaban J connectivity index is 2.13. The zero-order chi connectivity index (χ0) is 15.0. The van der Waals surface area contributed by atoms with E-state index in [0.717, 1.165) is 11.3 Å². The topological polar surface area (TPSA) is 56.7 Å². The molecule has 0 atom stereocenters. The zero-order valence-corrected chi connectivity index (χ0v) is 12.1. The van der Waals surface area contributed by atoms with Gasteiger partial charge in [-0.2, -0.15) is 0 Å². The molecule has 0 unspecified atom stereocenters. The summed E-state index contributed by atoms with van der Waals surface area (Å²) in [6.45, 7) is 0. The lowest BCUT2D eigenvalue weighted by molar-refractivity contribution is 0.628. The molecule has 0 fully saturated rings. The lowest BCUT2D eigenvalue weighted by Crippen LogP contribution is -1.97. The van der Waals surface area contributed by atoms with E-state index in [2.05, 4.69) is 9.97 Å². The number of nitrogen functional groups attached to an aromatic ring is 1. The van der Waals surface area contributed by atoms with Crippen molar-refractivity contribution in [2.24, 2.45) is 0 Å². The number of nitrogens with zero attached hydrogens (tertiary/aromatic N) is 3. The highest BCUT2D eigenvalue weighted by Crippen LogP contribution is 2.29. The molecule has 2 N–H and O–H groups in total. The van der Waals surface area contributed by atoms with E-state index in [0.29, 0.717) is 11.5 Å². The first-order valence-corrected chi connectivity index (χ1v) is 6.71. The summed E-state index contributed by atoms with van der Waals surface area (Å²) in [5, 5.41) is -0.0971. The average Bonchev–Trinajstić information content (AvgIpc) is 2.94. The highest BCUT2D eigenvalue weighted by Gasteiger charge is 2.12. The minimum Gasteiger partial charge on any atom is -0.384 e. The molecule has 2 aromatic heterocycles. The molecule has 0 radical (unpaired) electrons. The van der Waals surface area contributed by atoms with Gasteiger partial charge in [-0.25, -0.2) is 14.4 Å². The number of anilines is 1. The van der Waals surface area contributed by atoms with Gasteiger partial charge in [0.1, 0.15) is 5.82 Å². The number of benzene rings is 1. The van der Waals surface area contributed by atoms with Gasteiger partial charge in [0.05, 0.1) is 34.0 Å². The third-order valence-corrected chi connectivity index (χ3v) is 3.52. The fourth-order valence-electron chi connectivity index (χ4n) is 1.95. The molecule has 7 heteroatoms. The van der Waals surface area contributed by atoms with Crippen LogP contribution in [-0.4, -0.2) is 14.5 Å². The van der Waals surface area contributed by atoms with Gasteiger partial charge < -0.3 is 5.73 Å². The van der Waals surface area contributed by atoms with Crippen LogP contribution in [0.15, 0.2) is 43.0 Å². The molecule has 0 saturated carbocycles. The van der Waals surface area contributed by atoms with Crippen molar-refractivity contribution in [2.75, 3.05) is 5.73 Å². The minimum absolute atomic E-state index is 0.0485. The predicted molar refractivity (Wildman–Crippen MR) is 81.2 cm³/mol. The molecule has 3 aromatic rings. The maximum absolute atomic E-state index is 13.5. The molecule has 0 amide bonds. The van der Waals surface area contributed by atoms with Gasteiger partial charge in [0.2, 0.25) is 0 Å². The van der Waals surface area contributed by atoms with E-state index in [1.165, 1.54) is 12.1 Å². The van der Waals surface area contributed by atoms with Crippen molar-refractivity contribution < 1.29 is 4.39 Å². The molecule has 0 spiro atoms. The van der Waals surface area contributed by atoms with Gasteiger partial charge in [-0.05, 0) is 24.3 Å². The summed E-state index contributed by atoms with van der Waals surface area (Å²) < 4.78 is 15.2. The Labute approximate surface area is 130 Å². The van der Waals surface area contributed by atoms with Crippen LogP contribution in [0.5, 0.6) is 0 Å². The van der Waals surface area contributed by atoms with E-state index >= 15 is 0 Å². The normalized spacial score (nSPS) is 10.8. The summed E-state index contributed by atoms with van der Waals surface area (Å²) in [5.74, 6) is -0.212. The smallest absolute Gasteiger partial charge is 0.160 e. The van der Waals surface area contributed by atoms with Crippen LogP contribution in [0.4, 0.5) is 10.2 Å². The number of pyridine rings is 1. The van der Waals surface area contributed by atoms with Gasteiger partial charge in [-0.1, -0.05) is 23.2 Å². The lowest BCUT2D eigenvalue weighted by atomic mass is 10.2. The predicted octanol–water partition coefficient (Wildman–Crippen LogP) is 3.96. The molecule has 21 heavy (non-hydrogen) atoms. The van der Waals surface area contributed by atoms with E-state index in [-0.39, 0.29) is 10.0 Å². The number of rotatable bonds is 2. The van der Waals surface area contributed by atoms with Crippen molar-refractivity contribution >= 4 is 29.0 Å². The van der Waals surface area contributed by atoms with E-state index in [4.69, 9.17) is 28.9 Å². The molecule has 0 saturated heterocycles. The first-order valence-electron chi connectivity index (χ1n) is 5.95. The Morgan fingerprint density at radius 3 is 2.43 bits per heavy atom. The van der Waals surface area contributed by atoms with Gasteiger partial charge in [-0.3, -0.25) is 4.57 Å². The maximum atomic E-state index is 13.5. The number of hydrogen-bond donors (Lipinski definition) is 1. The van der Waals surface area contributed by atoms with Gasteiger partial charge in [0.15, 0.2) is 5.82 Å². The van der Waals surface area contributed by atoms with E-state index in [9.17, 15) is 4.39 Å². The maximum Gasteiger partial charge on any atom is 0.160 e. The number of nitrogens with two attached hydrogens (primary N) is 1. The van der Waals surface area contributed by atoms with Crippen LogP contribution in [0.2, 0.25) is 10.0 Å². The van der Waals surface area contributed by atoms with Gasteiger partial charge >= 0.3 is 0 Å².